The highest BCUT2D eigenvalue weighted by molar-refractivity contribution is 7.02. The molecule has 5 nitrogen and oxygen atoms in total. The van der Waals surface area contributed by atoms with Crippen LogP contribution in [0.25, 0.3) is 0 Å². The minimum Gasteiger partial charge on any atom is -0.311 e. The first-order valence-corrected chi connectivity index (χ1v) is 34.0. The zero-order chi connectivity index (χ0) is 65.4. The minimum atomic E-state index is -0.181. The second-order valence-electron chi connectivity index (χ2n) is 27.8. The molecule has 0 radical (unpaired) electrons. The third-order valence-corrected chi connectivity index (χ3v) is 20.8. The lowest BCUT2D eigenvalue weighted by atomic mass is 9.28. The molecular weight excluding hydrogens is 1160 g/mol. The third-order valence-electron chi connectivity index (χ3n) is 20.8. The quantitative estimate of drug-likeness (QED) is 0.127. The van der Waals surface area contributed by atoms with Crippen LogP contribution in [0.3, 0.4) is 0 Å². The summed E-state index contributed by atoms with van der Waals surface area (Å²) in [6, 6.07) is 103. The molecule has 4 heterocycles. The van der Waals surface area contributed by atoms with E-state index in [0.29, 0.717) is 0 Å². The SMILES string of the molecule is Cc1ccc(C2c3cc4c(cc3B3c5cc(C)ccc5N(c5ccc(C)cc5)c5cc(N(c6ccc(C)cc6)c6ccc(C)cc6)cc2c53)B2c3cc(C)ccc3N(c3ccc(C)cc3)c3cc(N(c5ccc(C)cc5)c5ccc(C)cc5)cc(c32)N4c2ccc(C)cc2)cc1. The number of aryl methyl sites for hydroxylation is 10. The standard InChI is InChI=1S/C89H75B2N5/c1-55-11-29-65(30-12-55)87-75-53-83-80(54-77(75)90-78-47-63(9)27-45-81(78)94(70-39-21-60(6)22-40-70)84-50-73(49-76(87)88(84)90)92(66-31-13-56(2)14-32-66)67-33-15-57(3)16-34-67)91-79-48-64(10)28-46-82(79)95(71-41-23-61(7)24-42-71)85-51-74(52-86(89(85)91)96(83)72-43-25-62(8)26-44-72)93(68-35-17-58(4)18-36-68)69-37-19-59(5)20-38-69/h11-54,87H,1-10H3. The maximum atomic E-state index is 2.71. The van der Waals surface area contributed by atoms with Gasteiger partial charge in [0.05, 0.1) is 5.69 Å². The molecule has 0 aromatic heterocycles. The van der Waals surface area contributed by atoms with Gasteiger partial charge in [0.15, 0.2) is 0 Å². The van der Waals surface area contributed by atoms with Gasteiger partial charge in [-0.3, -0.25) is 0 Å². The summed E-state index contributed by atoms with van der Waals surface area (Å²) in [6.45, 7) is 21.8. The van der Waals surface area contributed by atoms with E-state index in [4.69, 9.17) is 0 Å². The van der Waals surface area contributed by atoms with Crippen molar-refractivity contribution in [3.05, 3.63) is 339 Å². The molecule has 7 heteroatoms. The first-order valence-electron chi connectivity index (χ1n) is 34.0. The van der Waals surface area contributed by atoms with Gasteiger partial charge in [-0.15, -0.1) is 0 Å². The topological polar surface area (TPSA) is 16.2 Å². The Bertz CT molecular complexity index is 4800. The van der Waals surface area contributed by atoms with E-state index in [0.717, 1.165) is 62.6 Å². The molecule has 0 bridgehead atoms. The Hall–Kier alpha value is -11.0. The summed E-state index contributed by atoms with van der Waals surface area (Å²) < 4.78 is 0. The van der Waals surface area contributed by atoms with Crippen LogP contribution in [0.2, 0.25) is 0 Å². The van der Waals surface area contributed by atoms with E-state index in [2.05, 4.69) is 361 Å². The van der Waals surface area contributed by atoms with Crippen molar-refractivity contribution < 1.29 is 0 Å². The van der Waals surface area contributed by atoms with Crippen molar-refractivity contribution in [1.82, 2.24) is 0 Å². The van der Waals surface area contributed by atoms with E-state index < -0.39 is 0 Å². The van der Waals surface area contributed by atoms with Crippen LogP contribution >= 0.6 is 0 Å². The Morgan fingerprint density at radius 2 is 0.531 bits per heavy atom. The van der Waals surface area contributed by atoms with Crippen LogP contribution in [-0.2, 0) is 0 Å². The summed E-state index contributed by atoms with van der Waals surface area (Å²) >= 11 is 0. The summed E-state index contributed by atoms with van der Waals surface area (Å²) in [6.07, 6.45) is 0. The number of rotatable bonds is 10. The van der Waals surface area contributed by atoms with Crippen LogP contribution in [0.5, 0.6) is 0 Å². The van der Waals surface area contributed by atoms with Gasteiger partial charge in [0, 0.05) is 85.5 Å². The van der Waals surface area contributed by atoms with Crippen LogP contribution in [-0.4, -0.2) is 13.4 Å². The Balaban J connectivity index is 1.01. The van der Waals surface area contributed by atoms with Crippen molar-refractivity contribution in [3.63, 3.8) is 0 Å². The Kier molecular flexibility index (Phi) is 14.0. The molecule has 17 rings (SSSR count). The van der Waals surface area contributed by atoms with Crippen LogP contribution in [0.1, 0.15) is 78.2 Å². The lowest BCUT2D eigenvalue weighted by Gasteiger charge is -2.47. The summed E-state index contributed by atoms with van der Waals surface area (Å²) in [5.41, 5.74) is 41.1. The van der Waals surface area contributed by atoms with Crippen LogP contribution < -0.4 is 57.3 Å². The maximum absolute atomic E-state index is 2.71. The highest BCUT2D eigenvalue weighted by Gasteiger charge is 2.49. The number of benzene rings is 13. The Labute approximate surface area is 567 Å². The monoisotopic (exact) mass is 1240 g/mol. The third kappa shape index (κ3) is 9.77. The predicted molar refractivity (Wildman–Crippen MR) is 410 cm³/mol. The smallest absolute Gasteiger partial charge is 0.252 e. The molecule has 0 N–H and O–H groups in total. The van der Waals surface area contributed by atoms with Gasteiger partial charge >= 0.3 is 0 Å². The van der Waals surface area contributed by atoms with Gasteiger partial charge in [-0.05, 0) is 241 Å². The van der Waals surface area contributed by atoms with Crippen molar-refractivity contribution in [3.8, 4) is 0 Å². The van der Waals surface area contributed by atoms with Crippen LogP contribution in [0.15, 0.2) is 267 Å². The average Bonchev–Trinajstić information content (AvgIpc) is 0.685. The zero-order valence-electron chi connectivity index (χ0n) is 56.4. The number of anilines is 15. The number of nitrogens with zero attached hydrogens (tertiary/aromatic N) is 5. The van der Waals surface area contributed by atoms with Gasteiger partial charge in [0.2, 0.25) is 6.71 Å². The Morgan fingerprint density at radius 3 is 0.917 bits per heavy atom. The normalized spacial score (nSPS) is 13.7. The van der Waals surface area contributed by atoms with Crippen molar-refractivity contribution in [2.45, 2.75) is 75.2 Å². The van der Waals surface area contributed by atoms with Crippen molar-refractivity contribution >= 4 is 132 Å². The second-order valence-corrected chi connectivity index (χ2v) is 27.8. The van der Waals surface area contributed by atoms with Gasteiger partial charge < -0.3 is 24.5 Å². The van der Waals surface area contributed by atoms with Gasteiger partial charge in [0.25, 0.3) is 6.71 Å². The highest BCUT2D eigenvalue weighted by Crippen LogP contribution is 2.52. The highest BCUT2D eigenvalue weighted by atomic mass is 15.2. The number of hydrogen-bond acceptors (Lipinski definition) is 5. The summed E-state index contributed by atoms with van der Waals surface area (Å²) in [4.78, 5) is 12.7. The van der Waals surface area contributed by atoms with Crippen LogP contribution in [0.4, 0.5) is 85.3 Å². The fourth-order valence-corrected chi connectivity index (χ4v) is 15.9. The molecule has 0 saturated heterocycles. The van der Waals surface area contributed by atoms with Crippen LogP contribution in [0, 0.1) is 69.2 Å². The second kappa shape index (κ2) is 22.9. The molecule has 0 amide bonds. The number of hydrogen-bond donors (Lipinski definition) is 0. The molecule has 4 aliphatic heterocycles. The molecule has 0 fully saturated rings. The fraction of sp³-hybridized carbons (Fsp3) is 0.124. The van der Waals surface area contributed by atoms with E-state index in [1.54, 1.807) is 0 Å². The molecule has 13 aromatic carbocycles. The summed E-state index contributed by atoms with van der Waals surface area (Å²) in [5, 5.41) is 0. The largest absolute Gasteiger partial charge is 0.311 e. The predicted octanol–water partition coefficient (Wildman–Crippen LogP) is 19.6. The van der Waals surface area contributed by atoms with E-state index in [9.17, 15) is 0 Å². The molecule has 0 aliphatic carbocycles. The van der Waals surface area contributed by atoms with Gasteiger partial charge in [-0.2, -0.15) is 0 Å². The maximum Gasteiger partial charge on any atom is 0.252 e. The summed E-state index contributed by atoms with van der Waals surface area (Å²) in [5.74, 6) is -0.181. The van der Waals surface area contributed by atoms with E-state index in [1.807, 2.05) is 0 Å². The first-order chi connectivity index (χ1) is 46.7. The van der Waals surface area contributed by atoms with Crippen molar-refractivity contribution in [2.75, 3.05) is 24.5 Å². The van der Waals surface area contributed by atoms with Gasteiger partial charge in [-0.1, -0.05) is 201 Å². The zero-order valence-corrected chi connectivity index (χ0v) is 56.4. The van der Waals surface area contributed by atoms with Gasteiger partial charge in [0.1, 0.15) is 0 Å². The first kappa shape index (κ1) is 58.8. The average molecular weight is 1240 g/mol. The minimum absolute atomic E-state index is 0.131. The van der Waals surface area contributed by atoms with E-state index >= 15 is 0 Å². The lowest BCUT2D eigenvalue weighted by molar-refractivity contribution is 0.980. The fourth-order valence-electron chi connectivity index (χ4n) is 15.9. The van der Waals surface area contributed by atoms with Gasteiger partial charge in [-0.25, -0.2) is 0 Å². The molecule has 1 unspecified atom stereocenters. The van der Waals surface area contributed by atoms with E-state index in [-0.39, 0.29) is 19.3 Å². The Morgan fingerprint density at radius 1 is 0.229 bits per heavy atom. The molecule has 0 spiro atoms. The van der Waals surface area contributed by atoms with Crippen molar-refractivity contribution in [2.24, 2.45) is 0 Å². The lowest BCUT2D eigenvalue weighted by Crippen LogP contribution is -2.65. The molecule has 4 aliphatic rings. The van der Waals surface area contributed by atoms with E-state index in [1.165, 1.54) is 128 Å². The molecular formula is C89H75B2N5. The molecule has 462 valence electrons. The molecule has 96 heavy (non-hydrogen) atoms. The van der Waals surface area contributed by atoms with Crippen molar-refractivity contribution in [1.29, 1.82) is 0 Å². The molecule has 13 aromatic rings. The number of fused-ring (bicyclic) bond motifs is 8. The summed E-state index contributed by atoms with van der Waals surface area (Å²) in [7, 11) is 0. The molecule has 1 atom stereocenters. The molecule has 0 saturated carbocycles.